The minimum absolute atomic E-state index is 0.0663. The number of methoxy groups -OCH3 is 1. The van der Waals surface area contributed by atoms with Crippen molar-refractivity contribution in [3.63, 3.8) is 0 Å². The Morgan fingerprint density at radius 2 is 1.68 bits per heavy atom. The number of hydrogen-bond acceptors (Lipinski definition) is 9. The van der Waals surface area contributed by atoms with Crippen LogP contribution in [-0.4, -0.2) is 70.2 Å². The van der Waals surface area contributed by atoms with Gasteiger partial charge in [0.15, 0.2) is 18.2 Å². The van der Waals surface area contributed by atoms with Gasteiger partial charge in [-0.15, -0.1) is 0 Å². The lowest BCUT2D eigenvalue weighted by atomic mass is 10.0. The third kappa shape index (κ3) is 6.02. The molecule has 2 saturated heterocycles. The van der Waals surface area contributed by atoms with Crippen LogP contribution in [0, 0.1) is 0 Å². The van der Waals surface area contributed by atoms with Crippen molar-refractivity contribution in [2.45, 2.75) is 38.3 Å². The number of nitrogens with two attached hydrogens (primary N) is 1. The third-order valence-corrected chi connectivity index (χ3v) is 7.92. The van der Waals surface area contributed by atoms with Gasteiger partial charge in [-0.05, 0) is 86.8 Å². The smallest absolute Gasteiger partial charge is 0.258 e. The van der Waals surface area contributed by atoms with Gasteiger partial charge in [0.2, 0.25) is 5.82 Å². The summed E-state index contributed by atoms with van der Waals surface area (Å²) in [6.45, 7) is 4.10. The van der Waals surface area contributed by atoms with E-state index in [-0.39, 0.29) is 18.3 Å². The summed E-state index contributed by atoms with van der Waals surface area (Å²) in [5, 5.41) is 4.01. The highest BCUT2D eigenvalue weighted by molar-refractivity contribution is 5.94. The number of nitrogen functional groups attached to an aromatic ring is 1. The first kappa shape index (κ1) is 26.8. The molecule has 2 aromatic heterocycles. The summed E-state index contributed by atoms with van der Waals surface area (Å²) >= 11 is 0. The van der Waals surface area contributed by atoms with Crippen LogP contribution in [0.5, 0.6) is 11.5 Å². The molecular weight excluding hydrogens is 520 g/mol. The number of rotatable bonds is 8. The van der Waals surface area contributed by atoms with Crippen molar-refractivity contribution in [2.24, 2.45) is 0 Å². The number of amides is 1. The molecule has 2 aliphatic heterocycles. The number of carbonyl (C=O) groups excluding carboxylic acids is 1. The predicted octanol–water partition coefficient (Wildman–Crippen LogP) is 4.67. The monoisotopic (exact) mass is 554 g/mol. The standard InChI is InChI=1S/C31H34N6O4/c1-39-26-10-8-22(9-11-26)30-34-28(35-41-30)20-40-27-18-24(19-33-29(27)32)21-4-6-23(7-5-21)31(38)37-16-12-25(13-17-37)36-14-2-3-15-36/h4-11,18-19,25H,2-3,12-17,20H2,1H3,(H2,32,33). The van der Waals surface area contributed by atoms with E-state index >= 15 is 0 Å². The van der Waals surface area contributed by atoms with Crippen LogP contribution in [0.4, 0.5) is 5.82 Å². The van der Waals surface area contributed by atoms with Crippen LogP contribution >= 0.6 is 0 Å². The number of aromatic nitrogens is 3. The van der Waals surface area contributed by atoms with E-state index in [1.807, 2.05) is 59.5 Å². The normalized spacial score (nSPS) is 16.2. The molecule has 0 atom stereocenters. The van der Waals surface area contributed by atoms with Gasteiger partial charge >= 0.3 is 0 Å². The molecule has 10 heteroatoms. The molecule has 4 aromatic rings. The zero-order chi connectivity index (χ0) is 28.2. The van der Waals surface area contributed by atoms with E-state index in [1.165, 1.54) is 25.9 Å². The lowest BCUT2D eigenvalue weighted by Crippen LogP contribution is -2.45. The Bertz CT molecular complexity index is 1470. The molecule has 212 valence electrons. The molecule has 2 fully saturated rings. The van der Waals surface area contributed by atoms with Gasteiger partial charge < -0.3 is 29.5 Å². The molecule has 4 heterocycles. The Kier molecular flexibility index (Phi) is 7.82. The summed E-state index contributed by atoms with van der Waals surface area (Å²) in [5.74, 6) is 2.28. The van der Waals surface area contributed by atoms with Gasteiger partial charge in [0.25, 0.3) is 11.8 Å². The maximum atomic E-state index is 13.2. The van der Waals surface area contributed by atoms with Gasteiger partial charge in [-0.1, -0.05) is 17.3 Å². The SMILES string of the molecule is COc1ccc(-c2nc(COc3cc(-c4ccc(C(=O)N5CCC(N6CCCC6)CC5)cc4)cnc3N)no2)cc1. The molecule has 41 heavy (non-hydrogen) atoms. The number of pyridine rings is 1. The molecule has 0 bridgehead atoms. The number of piperidine rings is 1. The zero-order valence-electron chi connectivity index (χ0n) is 23.2. The van der Waals surface area contributed by atoms with E-state index < -0.39 is 0 Å². The Balaban J connectivity index is 1.07. The first-order chi connectivity index (χ1) is 20.1. The van der Waals surface area contributed by atoms with Gasteiger partial charge in [-0.2, -0.15) is 4.98 Å². The van der Waals surface area contributed by atoms with E-state index in [0.29, 0.717) is 29.1 Å². The van der Waals surface area contributed by atoms with Gasteiger partial charge in [0.1, 0.15) is 5.75 Å². The lowest BCUT2D eigenvalue weighted by Gasteiger charge is -2.36. The molecule has 2 aromatic carbocycles. The molecule has 2 N–H and O–H groups in total. The van der Waals surface area contributed by atoms with Crippen molar-refractivity contribution in [1.29, 1.82) is 0 Å². The highest BCUT2D eigenvalue weighted by Gasteiger charge is 2.28. The number of nitrogens with zero attached hydrogens (tertiary/aromatic N) is 5. The largest absolute Gasteiger partial charge is 0.497 e. The number of hydrogen-bond donors (Lipinski definition) is 1. The fourth-order valence-corrected chi connectivity index (χ4v) is 5.56. The molecule has 1 amide bonds. The van der Waals surface area contributed by atoms with Crippen LogP contribution in [0.15, 0.2) is 65.3 Å². The summed E-state index contributed by atoms with van der Waals surface area (Å²) in [6, 6.07) is 17.4. The average molecular weight is 555 g/mol. The molecule has 0 radical (unpaired) electrons. The summed E-state index contributed by atoms with van der Waals surface area (Å²) in [4.78, 5) is 26.4. The number of carbonyl (C=O) groups is 1. The summed E-state index contributed by atoms with van der Waals surface area (Å²) in [6.07, 6.45) is 6.40. The lowest BCUT2D eigenvalue weighted by molar-refractivity contribution is 0.0644. The Morgan fingerprint density at radius 3 is 2.39 bits per heavy atom. The van der Waals surface area contributed by atoms with Gasteiger partial charge in [0.05, 0.1) is 7.11 Å². The van der Waals surface area contributed by atoms with E-state index in [2.05, 4.69) is 20.0 Å². The first-order valence-electron chi connectivity index (χ1n) is 14.1. The second-order valence-corrected chi connectivity index (χ2v) is 10.5. The minimum atomic E-state index is 0.0663. The molecule has 2 aliphatic rings. The summed E-state index contributed by atoms with van der Waals surface area (Å²) in [7, 11) is 1.61. The maximum Gasteiger partial charge on any atom is 0.258 e. The predicted molar refractivity (Wildman–Crippen MR) is 154 cm³/mol. The first-order valence-corrected chi connectivity index (χ1v) is 14.1. The molecule has 10 nitrogen and oxygen atoms in total. The molecule has 0 spiro atoms. The van der Waals surface area contributed by atoms with Crippen LogP contribution in [-0.2, 0) is 6.61 Å². The molecule has 0 aliphatic carbocycles. The van der Waals surface area contributed by atoms with E-state index in [9.17, 15) is 4.79 Å². The fraction of sp³-hybridized carbons (Fsp3) is 0.355. The summed E-state index contributed by atoms with van der Waals surface area (Å²) in [5.41, 5.74) is 9.29. The van der Waals surface area contributed by atoms with Crippen molar-refractivity contribution < 1.29 is 18.8 Å². The second-order valence-electron chi connectivity index (χ2n) is 10.5. The topological polar surface area (TPSA) is 120 Å². The maximum absolute atomic E-state index is 13.2. The molecule has 0 saturated carbocycles. The fourth-order valence-electron chi connectivity index (χ4n) is 5.56. The minimum Gasteiger partial charge on any atom is -0.497 e. The van der Waals surface area contributed by atoms with Crippen molar-refractivity contribution in [1.82, 2.24) is 24.9 Å². The Hall–Kier alpha value is -4.44. The third-order valence-electron chi connectivity index (χ3n) is 7.92. The van der Waals surface area contributed by atoms with Crippen LogP contribution < -0.4 is 15.2 Å². The highest BCUT2D eigenvalue weighted by atomic mass is 16.5. The molecule has 0 unspecified atom stereocenters. The van der Waals surface area contributed by atoms with Crippen molar-refractivity contribution in [2.75, 3.05) is 39.0 Å². The molecular formula is C31H34N6O4. The Morgan fingerprint density at radius 1 is 0.976 bits per heavy atom. The second kappa shape index (κ2) is 12.0. The summed E-state index contributed by atoms with van der Waals surface area (Å²) < 4.78 is 16.5. The van der Waals surface area contributed by atoms with Gasteiger partial charge in [-0.3, -0.25) is 4.79 Å². The van der Waals surface area contributed by atoms with E-state index in [0.717, 1.165) is 48.4 Å². The van der Waals surface area contributed by atoms with Crippen molar-refractivity contribution >= 4 is 11.7 Å². The van der Waals surface area contributed by atoms with Gasteiger partial charge in [0, 0.05) is 42.0 Å². The van der Waals surface area contributed by atoms with E-state index in [4.69, 9.17) is 19.7 Å². The number of likely N-dealkylation sites (tertiary alicyclic amines) is 2. The van der Waals surface area contributed by atoms with Crippen molar-refractivity contribution in [3.8, 4) is 34.1 Å². The van der Waals surface area contributed by atoms with Crippen LogP contribution in [0.25, 0.3) is 22.6 Å². The van der Waals surface area contributed by atoms with Crippen molar-refractivity contribution in [3.05, 3.63) is 72.2 Å². The average Bonchev–Trinajstić information content (AvgIpc) is 3.74. The Labute approximate surface area is 239 Å². The number of ether oxygens (including phenoxy) is 2. The van der Waals surface area contributed by atoms with E-state index in [1.54, 1.807) is 13.3 Å². The van der Waals surface area contributed by atoms with Crippen LogP contribution in [0.2, 0.25) is 0 Å². The highest BCUT2D eigenvalue weighted by Crippen LogP contribution is 2.29. The van der Waals surface area contributed by atoms with Crippen LogP contribution in [0.3, 0.4) is 0 Å². The zero-order valence-corrected chi connectivity index (χ0v) is 23.2. The van der Waals surface area contributed by atoms with Crippen LogP contribution in [0.1, 0.15) is 41.9 Å². The quantitative estimate of drug-likeness (QED) is 0.331. The number of benzene rings is 2. The number of anilines is 1. The van der Waals surface area contributed by atoms with Gasteiger partial charge in [-0.25, -0.2) is 4.98 Å². The molecule has 6 rings (SSSR count).